The van der Waals surface area contributed by atoms with Crippen LogP contribution >= 0.6 is 0 Å². The van der Waals surface area contributed by atoms with Crippen LogP contribution < -0.4 is 11.1 Å². The number of fused-ring (bicyclic) bond motifs is 3. The van der Waals surface area contributed by atoms with Crippen LogP contribution in [0.25, 0.3) is 33.3 Å². The molecular weight excluding hydrogens is 368 g/mol. The van der Waals surface area contributed by atoms with Gasteiger partial charge < -0.3 is 0 Å². The topological polar surface area (TPSA) is 98.5 Å². The predicted molar refractivity (Wildman–Crippen MR) is 110 cm³/mol. The molecule has 0 bridgehead atoms. The lowest BCUT2D eigenvalue weighted by molar-refractivity contribution is 0.902. The van der Waals surface area contributed by atoms with E-state index in [4.69, 9.17) is 0 Å². The van der Waals surface area contributed by atoms with E-state index in [-0.39, 0.29) is 11.1 Å². The maximum absolute atomic E-state index is 13.3. The molecule has 8 nitrogen and oxygen atoms in total. The van der Waals surface area contributed by atoms with E-state index in [2.05, 4.69) is 20.2 Å². The Balaban J connectivity index is 1.82. The fourth-order valence-electron chi connectivity index (χ4n) is 3.48. The quantitative estimate of drug-likeness (QED) is 0.471. The van der Waals surface area contributed by atoms with Gasteiger partial charge in [0.05, 0.1) is 16.3 Å². The number of benzene rings is 1. The lowest BCUT2D eigenvalue weighted by Crippen LogP contribution is -2.22. The molecule has 29 heavy (non-hydrogen) atoms. The second-order valence-electron chi connectivity index (χ2n) is 6.91. The maximum Gasteiger partial charge on any atom is 0.266 e. The average molecular weight is 384 g/mol. The Bertz CT molecular complexity index is 1510. The van der Waals surface area contributed by atoms with Gasteiger partial charge in [0.25, 0.3) is 11.1 Å². The van der Waals surface area contributed by atoms with Crippen LogP contribution in [0.15, 0.2) is 64.8 Å². The van der Waals surface area contributed by atoms with Crippen LogP contribution in [0.2, 0.25) is 0 Å². The van der Waals surface area contributed by atoms with Gasteiger partial charge in [0.15, 0.2) is 0 Å². The Morgan fingerprint density at radius 1 is 0.862 bits per heavy atom. The number of rotatable bonds is 2. The standard InChI is InChI=1S/C21H16N6O2/c1-12-3-4-14(9-13(12)2)26-8-6-17-18(20(26)29)15-5-7-27(21-23-11-24-25-21)19(28)16(15)10-22-17/h3-11H,1-2H3,(H,23,24,25). The van der Waals surface area contributed by atoms with Crippen molar-refractivity contribution in [3.05, 3.63) is 87.1 Å². The molecule has 0 aliphatic heterocycles. The number of nitrogens with zero attached hydrogens (tertiary/aromatic N) is 5. The van der Waals surface area contributed by atoms with Crippen molar-refractivity contribution in [1.82, 2.24) is 29.3 Å². The van der Waals surface area contributed by atoms with Crippen LogP contribution in [-0.4, -0.2) is 29.3 Å². The summed E-state index contributed by atoms with van der Waals surface area (Å²) >= 11 is 0. The van der Waals surface area contributed by atoms with Crippen molar-refractivity contribution in [3.63, 3.8) is 0 Å². The zero-order chi connectivity index (χ0) is 20.1. The van der Waals surface area contributed by atoms with Crippen LogP contribution in [0.4, 0.5) is 0 Å². The molecule has 0 spiro atoms. The summed E-state index contributed by atoms with van der Waals surface area (Å²) in [6, 6.07) is 9.38. The van der Waals surface area contributed by atoms with Crippen molar-refractivity contribution in [2.24, 2.45) is 0 Å². The summed E-state index contributed by atoms with van der Waals surface area (Å²) in [7, 11) is 0. The highest BCUT2D eigenvalue weighted by atomic mass is 16.1. The van der Waals surface area contributed by atoms with E-state index < -0.39 is 0 Å². The number of pyridine rings is 3. The summed E-state index contributed by atoms with van der Waals surface area (Å²) in [5.74, 6) is 0.303. The van der Waals surface area contributed by atoms with Crippen LogP contribution in [0.3, 0.4) is 0 Å². The second kappa shape index (κ2) is 6.23. The van der Waals surface area contributed by atoms with Crippen molar-refractivity contribution in [2.45, 2.75) is 13.8 Å². The SMILES string of the molecule is Cc1ccc(-n2ccc3ncc4c(=O)n(-c5ncn[nH]5)ccc4c3c2=O)cc1C. The summed E-state index contributed by atoms with van der Waals surface area (Å²) in [5, 5.41) is 7.74. The third-order valence-electron chi connectivity index (χ3n) is 5.20. The Kier molecular flexibility index (Phi) is 3.67. The van der Waals surface area contributed by atoms with E-state index in [0.717, 1.165) is 16.8 Å². The lowest BCUT2D eigenvalue weighted by Gasteiger charge is -2.11. The smallest absolute Gasteiger partial charge is 0.266 e. The molecule has 0 saturated heterocycles. The molecule has 1 N–H and O–H groups in total. The largest absolute Gasteiger partial charge is 0.284 e. The van der Waals surface area contributed by atoms with E-state index in [0.29, 0.717) is 27.6 Å². The number of nitrogens with one attached hydrogen (secondary N) is 1. The molecule has 8 heteroatoms. The van der Waals surface area contributed by atoms with Gasteiger partial charge in [0.1, 0.15) is 6.33 Å². The molecule has 0 radical (unpaired) electrons. The van der Waals surface area contributed by atoms with Crippen LogP contribution in [0.5, 0.6) is 0 Å². The number of aromatic amines is 1. The molecule has 142 valence electrons. The Morgan fingerprint density at radius 3 is 2.45 bits per heavy atom. The molecule has 4 aromatic heterocycles. The van der Waals surface area contributed by atoms with E-state index in [1.54, 1.807) is 29.1 Å². The average Bonchev–Trinajstić information content (AvgIpc) is 3.25. The Labute approximate surface area is 164 Å². The van der Waals surface area contributed by atoms with Crippen LogP contribution in [-0.2, 0) is 0 Å². The summed E-state index contributed by atoms with van der Waals surface area (Å²) in [6.07, 6.45) is 6.11. The van der Waals surface area contributed by atoms with Crippen molar-refractivity contribution >= 4 is 21.7 Å². The fourth-order valence-corrected chi connectivity index (χ4v) is 3.48. The molecule has 0 saturated carbocycles. The molecule has 0 atom stereocenters. The monoisotopic (exact) mass is 384 g/mol. The summed E-state index contributed by atoms with van der Waals surface area (Å²) in [4.78, 5) is 34.7. The molecule has 4 heterocycles. The zero-order valence-electron chi connectivity index (χ0n) is 15.7. The normalized spacial score (nSPS) is 11.4. The van der Waals surface area contributed by atoms with E-state index in [1.165, 1.54) is 17.1 Å². The zero-order valence-corrected chi connectivity index (χ0v) is 15.7. The molecule has 0 aliphatic rings. The van der Waals surface area contributed by atoms with Gasteiger partial charge in [0, 0.05) is 29.7 Å². The van der Waals surface area contributed by atoms with Gasteiger partial charge >= 0.3 is 0 Å². The highest BCUT2D eigenvalue weighted by Gasteiger charge is 2.14. The molecule has 0 fully saturated rings. The maximum atomic E-state index is 13.3. The van der Waals surface area contributed by atoms with Gasteiger partial charge in [-0.25, -0.2) is 5.10 Å². The molecular formula is C21H16N6O2. The lowest BCUT2D eigenvalue weighted by atomic mass is 10.1. The third-order valence-corrected chi connectivity index (χ3v) is 5.20. The predicted octanol–water partition coefficient (Wildman–Crippen LogP) is 2.42. The van der Waals surface area contributed by atoms with Crippen LogP contribution in [0, 0.1) is 13.8 Å². The number of aryl methyl sites for hydroxylation is 2. The Hall–Kier alpha value is -4.07. The number of aromatic nitrogens is 6. The van der Waals surface area contributed by atoms with E-state index in [1.807, 2.05) is 32.0 Å². The first-order chi connectivity index (χ1) is 14.0. The molecule has 0 aliphatic carbocycles. The molecule has 0 unspecified atom stereocenters. The Morgan fingerprint density at radius 2 is 1.69 bits per heavy atom. The van der Waals surface area contributed by atoms with Gasteiger partial charge in [-0.3, -0.25) is 23.7 Å². The highest BCUT2D eigenvalue weighted by Crippen LogP contribution is 2.20. The molecule has 0 amide bonds. The minimum Gasteiger partial charge on any atom is -0.284 e. The number of hydrogen-bond donors (Lipinski definition) is 1. The van der Waals surface area contributed by atoms with Gasteiger partial charge in [-0.1, -0.05) is 6.07 Å². The van der Waals surface area contributed by atoms with Gasteiger partial charge in [-0.2, -0.15) is 10.1 Å². The number of hydrogen-bond acceptors (Lipinski definition) is 5. The third kappa shape index (κ3) is 2.57. The van der Waals surface area contributed by atoms with Crippen molar-refractivity contribution in [3.8, 4) is 11.6 Å². The molecule has 5 rings (SSSR count). The van der Waals surface area contributed by atoms with Crippen molar-refractivity contribution < 1.29 is 0 Å². The van der Waals surface area contributed by atoms with Crippen LogP contribution in [0.1, 0.15) is 11.1 Å². The molecule has 1 aromatic carbocycles. The van der Waals surface area contributed by atoms with Crippen molar-refractivity contribution in [1.29, 1.82) is 0 Å². The summed E-state index contributed by atoms with van der Waals surface area (Å²) in [6.45, 7) is 4.03. The first kappa shape index (κ1) is 17.1. The fraction of sp³-hybridized carbons (Fsp3) is 0.0952. The summed E-state index contributed by atoms with van der Waals surface area (Å²) in [5.41, 5.74) is 3.02. The first-order valence-electron chi connectivity index (χ1n) is 9.04. The second-order valence-corrected chi connectivity index (χ2v) is 6.91. The first-order valence-corrected chi connectivity index (χ1v) is 9.04. The highest BCUT2D eigenvalue weighted by molar-refractivity contribution is 6.04. The minimum absolute atomic E-state index is 0.222. The minimum atomic E-state index is -0.324. The van der Waals surface area contributed by atoms with E-state index in [9.17, 15) is 9.59 Å². The van der Waals surface area contributed by atoms with E-state index >= 15 is 0 Å². The van der Waals surface area contributed by atoms with Gasteiger partial charge in [0.2, 0.25) is 5.95 Å². The summed E-state index contributed by atoms with van der Waals surface area (Å²) < 4.78 is 2.92. The van der Waals surface area contributed by atoms with Gasteiger partial charge in [-0.05, 0) is 49.2 Å². The van der Waals surface area contributed by atoms with Crippen molar-refractivity contribution in [2.75, 3.05) is 0 Å². The molecule has 5 aromatic rings. The van der Waals surface area contributed by atoms with Gasteiger partial charge in [-0.15, -0.1) is 0 Å². The number of H-pyrrole nitrogens is 1.